The fraction of sp³-hybridized carbons (Fsp3) is 0.143. The molecule has 0 spiro atoms. The molecule has 0 unspecified atom stereocenters. The molecule has 2 amide bonds. The number of aromatic nitrogens is 1. The van der Waals surface area contributed by atoms with Crippen molar-refractivity contribution in [3.05, 3.63) is 88.1 Å². The van der Waals surface area contributed by atoms with Crippen molar-refractivity contribution in [1.29, 1.82) is 0 Å². The van der Waals surface area contributed by atoms with Crippen molar-refractivity contribution in [2.45, 2.75) is 19.0 Å². The Morgan fingerprint density at radius 1 is 1.03 bits per heavy atom. The van der Waals surface area contributed by atoms with Gasteiger partial charge in [-0.05, 0) is 17.7 Å². The zero-order valence-electron chi connectivity index (χ0n) is 15.3. The number of Topliss-reactive ketones (excluding diaryl/α,β-unsaturated/α-hetero) is 1. The van der Waals surface area contributed by atoms with Crippen molar-refractivity contribution < 1.29 is 18.8 Å². The molecule has 2 aromatic carbocycles. The van der Waals surface area contributed by atoms with E-state index in [1.54, 1.807) is 35.8 Å². The summed E-state index contributed by atoms with van der Waals surface area (Å²) in [5.74, 6) is -3.11. The highest BCUT2D eigenvalue weighted by Gasteiger charge is 2.28. The van der Waals surface area contributed by atoms with Crippen molar-refractivity contribution >= 4 is 28.9 Å². The standard InChI is InChI=1S/C21H18FN3O3S/c22-16-9-5-4-8-15(16)20(27)25-17(12-14-6-2-1-3-7-14)19(26)21(28)24-13-18-23-10-11-29-18/h1-11,17H,12-13H2,(H,24,28)(H,25,27)/t17-/m1/s1. The van der Waals surface area contributed by atoms with Gasteiger partial charge in [-0.3, -0.25) is 14.4 Å². The van der Waals surface area contributed by atoms with E-state index in [2.05, 4.69) is 15.6 Å². The van der Waals surface area contributed by atoms with Crippen LogP contribution in [0.25, 0.3) is 0 Å². The Kier molecular flexibility index (Phi) is 6.80. The zero-order valence-corrected chi connectivity index (χ0v) is 16.1. The lowest BCUT2D eigenvalue weighted by Gasteiger charge is -2.18. The molecule has 0 radical (unpaired) electrons. The number of benzene rings is 2. The van der Waals surface area contributed by atoms with Crippen molar-refractivity contribution in [2.75, 3.05) is 0 Å². The van der Waals surface area contributed by atoms with Gasteiger partial charge in [0.25, 0.3) is 11.8 Å². The average Bonchev–Trinajstić information content (AvgIpc) is 3.25. The van der Waals surface area contributed by atoms with Crippen LogP contribution < -0.4 is 10.6 Å². The van der Waals surface area contributed by atoms with E-state index in [-0.39, 0.29) is 18.5 Å². The van der Waals surface area contributed by atoms with Crippen LogP contribution in [0.1, 0.15) is 20.9 Å². The van der Waals surface area contributed by atoms with Crippen LogP contribution in [0.2, 0.25) is 0 Å². The van der Waals surface area contributed by atoms with Gasteiger partial charge in [0.1, 0.15) is 16.9 Å². The lowest BCUT2D eigenvalue weighted by Crippen LogP contribution is -2.48. The summed E-state index contributed by atoms with van der Waals surface area (Å²) >= 11 is 1.35. The molecule has 1 aromatic heterocycles. The first-order valence-corrected chi connectivity index (χ1v) is 9.72. The molecular weight excluding hydrogens is 393 g/mol. The van der Waals surface area contributed by atoms with Crippen LogP contribution in [-0.2, 0) is 22.6 Å². The average molecular weight is 411 g/mol. The number of carbonyl (C=O) groups excluding carboxylic acids is 3. The summed E-state index contributed by atoms with van der Waals surface area (Å²) in [6.45, 7) is 0.113. The van der Waals surface area contributed by atoms with Gasteiger partial charge in [0, 0.05) is 18.0 Å². The first-order chi connectivity index (χ1) is 14.0. The Morgan fingerprint density at radius 2 is 1.76 bits per heavy atom. The SMILES string of the molecule is O=C(NCc1nccs1)C(=O)[C@@H](Cc1ccccc1)NC(=O)c1ccccc1F. The van der Waals surface area contributed by atoms with E-state index in [1.807, 2.05) is 6.07 Å². The molecule has 29 heavy (non-hydrogen) atoms. The van der Waals surface area contributed by atoms with Gasteiger partial charge < -0.3 is 10.6 Å². The summed E-state index contributed by atoms with van der Waals surface area (Å²) in [5.41, 5.74) is 0.564. The van der Waals surface area contributed by atoms with E-state index >= 15 is 0 Å². The van der Waals surface area contributed by atoms with E-state index < -0.39 is 29.5 Å². The smallest absolute Gasteiger partial charge is 0.289 e. The largest absolute Gasteiger partial charge is 0.343 e. The number of carbonyl (C=O) groups is 3. The van der Waals surface area contributed by atoms with Crippen LogP contribution in [0.15, 0.2) is 66.2 Å². The fourth-order valence-electron chi connectivity index (χ4n) is 2.68. The summed E-state index contributed by atoms with van der Waals surface area (Å²) in [6, 6.07) is 13.3. The molecule has 148 valence electrons. The number of rotatable bonds is 8. The van der Waals surface area contributed by atoms with E-state index in [0.717, 1.165) is 11.6 Å². The predicted molar refractivity (Wildman–Crippen MR) is 107 cm³/mol. The Balaban J connectivity index is 1.74. The summed E-state index contributed by atoms with van der Waals surface area (Å²) in [5, 5.41) is 7.42. The third kappa shape index (κ3) is 5.55. The van der Waals surface area contributed by atoms with Gasteiger partial charge in [-0.1, -0.05) is 42.5 Å². The van der Waals surface area contributed by atoms with Crippen LogP contribution in [0, 0.1) is 5.82 Å². The number of hydrogen-bond donors (Lipinski definition) is 2. The zero-order chi connectivity index (χ0) is 20.6. The Morgan fingerprint density at radius 3 is 2.45 bits per heavy atom. The van der Waals surface area contributed by atoms with Gasteiger partial charge >= 0.3 is 0 Å². The van der Waals surface area contributed by atoms with Gasteiger partial charge in [-0.2, -0.15) is 0 Å². The topological polar surface area (TPSA) is 88.2 Å². The molecule has 1 atom stereocenters. The minimum absolute atomic E-state index is 0.102. The number of amides is 2. The first kappa shape index (κ1) is 20.3. The molecule has 0 fully saturated rings. The van der Waals surface area contributed by atoms with E-state index in [0.29, 0.717) is 5.01 Å². The third-order valence-electron chi connectivity index (χ3n) is 4.13. The molecule has 0 aliphatic rings. The van der Waals surface area contributed by atoms with Gasteiger partial charge in [-0.15, -0.1) is 11.3 Å². The van der Waals surface area contributed by atoms with Crippen LogP contribution >= 0.6 is 11.3 Å². The molecule has 0 aliphatic heterocycles. The van der Waals surface area contributed by atoms with Crippen LogP contribution in [0.5, 0.6) is 0 Å². The molecule has 6 nitrogen and oxygen atoms in total. The second-order valence-electron chi connectivity index (χ2n) is 6.17. The van der Waals surface area contributed by atoms with E-state index in [4.69, 9.17) is 0 Å². The number of halogens is 1. The van der Waals surface area contributed by atoms with Crippen molar-refractivity contribution in [3.63, 3.8) is 0 Å². The van der Waals surface area contributed by atoms with E-state index in [9.17, 15) is 18.8 Å². The maximum atomic E-state index is 13.9. The Labute approximate surface area is 170 Å². The van der Waals surface area contributed by atoms with Crippen LogP contribution in [0.4, 0.5) is 4.39 Å². The summed E-state index contributed by atoms with van der Waals surface area (Å²) in [4.78, 5) is 41.6. The molecule has 0 bridgehead atoms. The summed E-state index contributed by atoms with van der Waals surface area (Å²) in [6.07, 6.45) is 1.70. The molecule has 0 aliphatic carbocycles. The molecule has 2 N–H and O–H groups in total. The van der Waals surface area contributed by atoms with Crippen molar-refractivity contribution in [2.24, 2.45) is 0 Å². The van der Waals surface area contributed by atoms with Crippen molar-refractivity contribution in [3.8, 4) is 0 Å². The monoisotopic (exact) mass is 411 g/mol. The minimum Gasteiger partial charge on any atom is -0.343 e. The number of thiazole rings is 1. The molecule has 3 aromatic rings. The van der Waals surface area contributed by atoms with Crippen LogP contribution in [0.3, 0.4) is 0 Å². The summed E-state index contributed by atoms with van der Waals surface area (Å²) in [7, 11) is 0. The Hall–Kier alpha value is -3.39. The molecule has 0 saturated heterocycles. The number of hydrogen-bond acceptors (Lipinski definition) is 5. The van der Waals surface area contributed by atoms with Crippen LogP contribution in [-0.4, -0.2) is 28.6 Å². The highest BCUT2D eigenvalue weighted by molar-refractivity contribution is 7.09. The maximum absolute atomic E-state index is 13.9. The molecule has 1 heterocycles. The first-order valence-electron chi connectivity index (χ1n) is 8.84. The maximum Gasteiger partial charge on any atom is 0.289 e. The predicted octanol–water partition coefficient (Wildman–Crippen LogP) is 2.51. The van der Waals surface area contributed by atoms with Gasteiger partial charge in [0.15, 0.2) is 0 Å². The van der Waals surface area contributed by atoms with E-state index in [1.165, 1.54) is 29.5 Å². The Bertz CT molecular complexity index is 993. The van der Waals surface area contributed by atoms with Gasteiger partial charge in [-0.25, -0.2) is 9.37 Å². The number of ketones is 1. The second kappa shape index (κ2) is 9.70. The molecule has 3 rings (SSSR count). The molecule has 8 heteroatoms. The number of nitrogens with zero attached hydrogens (tertiary/aromatic N) is 1. The highest BCUT2D eigenvalue weighted by atomic mass is 32.1. The normalized spacial score (nSPS) is 11.5. The number of nitrogens with one attached hydrogen (secondary N) is 2. The van der Waals surface area contributed by atoms with Gasteiger partial charge in [0.2, 0.25) is 5.78 Å². The summed E-state index contributed by atoms with van der Waals surface area (Å²) < 4.78 is 13.9. The second-order valence-corrected chi connectivity index (χ2v) is 7.15. The van der Waals surface area contributed by atoms with Gasteiger partial charge in [0.05, 0.1) is 12.1 Å². The van der Waals surface area contributed by atoms with Crippen molar-refractivity contribution in [1.82, 2.24) is 15.6 Å². The quantitative estimate of drug-likeness (QED) is 0.558. The fourth-order valence-corrected chi connectivity index (χ4v) is 3.24. The molecule has 0 saturated carbocycles. The third-order valence-corrected chi connectivity index (χ3v) is 4.91. The minimum atomic E-state index is -1.14. The lowest BCUT2D eigenvalue weighted by molar-refractivity contribution is -0.139. The highest BCUT2D eigenvalue weighted by Crippen LogP contribution is 2.10. The lowest BCUT2D eigenvalue weighted by atomic mass is 10.0. The molecular formula is C21H18FN3O3S.